The normalized spacial score (nSPS) is 17.4. The maximum Gasteiger partial charge on any atom is 0.416 e. The van der Waals surface area contributed by atoms with E-state index in [4.69, 9.17) is 16.3 Å². The quantitative estimate of drug-likeness (QED) is 0.804. The fourth-order valence-corrected chi connectivity index (χ4v) is 3.73. The molecule has 1 atom stereocenters. The summed E-state index contributed by atoms with van der Waals surface area (Å²) in [5.74, 6) is 0.633. The van der Waals surface area contributed by atoms with Crippen molar-refractivity contribution in [3.8, 4) is 5.75 Å². The van der Waals surface area contributed by atoms with Crippen molar-refractivity contribution >= 4 is 11.6 Å². The van der Waals surface area contributed by atoms with Gasteiger partial charge < -0.3 is 10.1 Å². The third-order valence-corrected chi connectivity index (χ3v) is 5.14. The zero-order chi connectivity index (χ0) is 19.4. The highest BCUT2D eigenvalue weighted by atomic mass is 35.5. The summed E-state index contributed by atoms with van der Waals surface area (Å²) in [6, 6.07) is 10.5. The first-order valence-electron chi connectivity index (χ1n) is 8.86. The van der Waals surface area contributed by atoms with Crippen molar-refractivity contribution in [3.63, 3.8) is 0 Å². The fraction of sp³-hybridized carbons (Fsp3) is 0.400. The highest BCUT2D eigenvalue weighted by molar-refractivity contribution is 6.31. The number of benzene rings is 2. The van der Waals surface area contributed by atoms with Crippen LogP contribution in [0.4, 0.5) is 13.2 Å². The fourth-order valence-electron chi connectivity index (χ4n) is 3.51. The summed E-state index contributed by atoms with van der Waals surface area (Å²) in [5, 5.41) is 3.64. The number of para-hydroxylation sites is 1. The first kappa shape index (κ1) is 20.0. The van der Waals surface area contributed by atoms with Gasteiger partial charge in [0.15, 0.2) is 0 Å². The lowest BCUT2D eigenvalue weighted by Crippen LogP contribution is -2.33. The van der Waals surface area contributed by atoms with Gasteiger partial charge in [0, 0.05) is 30.2 Å². The van der Waals surface area contributed by atoms with E-state index < -0.39 is 17.8 Å². The zero-order valence-electron chi connectivity index (χ0n) is 15.0. The van der Waals surface area contributed by atoms with Crippen LogP contribution in [-0.4, -0.2) is 38.2 Å². The lowest BCUT2D eigenvalue weighted by atomic mass is 9.94. The minimum absolute atomic E-state index is 0.316. The van der Waals surface area contributed by atoms with Crippen LogP contribution >= 0.6 is 11.6 Å². The van der Waals surface area contributed by atoms with Crippen molar-refractivity contribution in [1.29, 1.82) is 0 Å². The number of halogens is 4. The van der Waals surface area contributed by atoms with E-state index in [0.717, 1.165) is 43.8 Å². The average molecular weight is 399 g/mol. The van der Waals surface area contributed by atoms with E-state index in [-0.39, 0.29) is 0 Å². The predicted octanol–water partition coefficient (Wildman–Crippen LogP) is 4.75. The summed E-state index contributed by atoms with van der Waals surface area (Å²) >= 11 is 6.40. The third-order valence-electron chi connectivity index (χ3n) is 4.79. The molecule has 2 aromatic carbocycles. The number of alkyl halides is 3. The van der Waals surface area contributed by atoms with Gasteiger partial charge in [-0.1, -0.05) is 29.8 Å². The Hall–Kier alpha value is -1.76. The smallest absolute Gasteiger partial charge is 0.416 e. The second-order valence-electron chi connectivity index (χ2n) is 6.52. The van der Waals surface area contributed by atoms with Crippen molar-refractivity contribution in [1.82, 2.24) is 10.2 Å². The molecule has 0 spiro atoms. The molecule has 2 aromatic rings. The van der Waals surface area contributed by atoms with Crippen molar-refractivity contribution in [3.05, 3.63) is 64.2 Å². The molecule has 0 aromatic heterocycles. The van der Waals surface area contributed by atoms with Gasteiger partial charge in [-0.15, -0.1) is 0 Å². The Balaban J connectivity index is 2.15. The molecule has 1 N–H and O–H groups in total. The topological polar surface area (TPSA) is 24.5 Å². The molecule has 7 heteroatoms. The summed E-state index contributed by atoms with van der Waals surface area (Å²) < 4.78 is 45.5. The molecular formula is C20H22ClF3N2O. The van der Waals surface area contributed by atoms with Gasteiger partial charge in [0.2, 0.25) is 0 Å². The average Bonchev–Trinajstić information content (AvgIpc) is 2.92. The minimum atomic E-state index is -4.43. The minimum Gasteiger partial charge on any atom is -0.496 e. The van der Waals surface area contributed by atoms with Crippen LogP contribution in [0.5, 0.6) is 5.75 Å². The molecular weight excluding hydrogens is 377 g/mol. The molecule has 0 radical (unpaired) electrons. The molecule has 1 aliphatic heterocycles. The van der Waals surface area contributed by atoms with Gasteiger partial charge in [0.25, 0.3) is 0 Å². The predicted molar refractivity (Wildman–Crippen MR) is 100 cm³/mol. The SMILES string of the molecule is COc1ccccc1C(c1cc(C(F)(F)F)ccc1Cl)N1CCCNCC1. The largest absolute Gasteiger partial charge is 0.496 e. The van der Waals surface area contributed by atoms with Crippen LogP contribution in [0.15, 0.2) is 42.5 Å². The molecule has 146 valence electrons. The number of hydrogen-bond acceptors (Lipinski definition) is 3. The number of hydrogen-bond donors (Lipinski definition) is 1. The van der Waals surface area contributed by atoms with Gasteiger partial charge in [-0.05, 0) is 42.8 Å². The molecule has 0 saturated carbocycles. The van der Waals surface area contributed by atoms with Crippen LogP contribution in [-0.2, 0) is 6.18 Å². The second-order valence-corrected chi connectivity index (χ2v) is 6.93. The van der Waals surface area contributed by atoms with Crippen LogP contribution in [0.25, 0.3) is 0 Å². The molecule has 27 heavy (non-hydrogen) atoms. The Morgan fingerprint density at radius 1 is 1.07 bits per heavy atom. The van der Waals surface area contributed by atoms with Crippen molar-refractivity contribution in [2.75, 3.05) is 33.3 Å². The monoisotopic (exact) mass is 398 g/mol. The molecule has 1 saturated heterocycles. The van der Waals surface area contributed by atoms with Crippen molar-refractivity contribution in [2.45, 2.75) is 18.6 Å². The second kappa shape index (κ2) is 8.50. The number of rotatable bonds is 4. The van der Waals surface area contributed by atoms with Crippen molar-refractivity contribution in [2.24, 2.45) is 0 Å². The Kier molecular flexibility index (Phi) is 6.29. The highest BCUT2D eigenvalue weighted by Crippen LogP contribution is 2.40. The van der Waals surface area contributed by atoms with E-state index in [1.165, 1.54) is 6.07 Å². The zero-order valence-corrected chi connectivity index (χ0v) is 15.8. The Labute approximate surface area is 162 Å². The van der Waals surface area contributed by atoms with Crippen LogP contribution < -0.4 is 10.1 Å². The summed E-state index contributed by atoms with van der Waals surface area (Å²) in [5.41, 5.74) is 0.552. The molecule has 3 nitrogen and oxygen atoms in total. The van der Waals surface area contributed by atoms with E-state index in [0.29, 0.717) is 22.9 Å². The van der Waals surface area contributed by atoms with Crippen LogP contribution in [0.2, 0.25) is 5.02 Å². The number of ether oxygens (including phenoxy) is 1. The summed E-state index contributed by atoms with van der Waals surface area (Å²) in [7, 11) is 1.56. The molecule has 1 unspecified atom stereocenters. The van der Waals surface area contributed by atoms with E-state index >= 15 is 0 Å². The molecule has 1 heterocycles. The van der Waals surface area contributed by atoms with Crippen LogP contribution in [0.1, 0.15) is 29.2 Å². The lowest BCUT2D eigenvalue weighted by molar-refractivity contribution is -0.137. The van der Waals surface area contributed by atoms with Crippen molar-refractivity contribution < 1.29 is 17.9 Å². The van der Waals surface area contributed by atoms with Crippen LogP contribution in [0, 0.1) is 0 Å². The number of nitrogens with zero attached hydrogens (tertiary/aromatic N) is 1. The summed E-state index contributed by atoms with van der Waals surface area (Å²) in [6.45, 7) is 3.10. The molecule has 0 bridgehead atoms. The van der Waals surface area contributed by atoms with Gasteiger partial charge in [-0.2, -0.15) is 13.2 Å². The molecule has 1 fully saturated rings. The number of nitrogens with one attached hydrogen (secondary N) is 1. The Morgan fingerprint density at radius 3 is 2.59 bits per heavy atom. The first-order valence-corrected chi connectivity index (χ1v) is 9.24. The molecule has 0 aliphatic carbocycles. The van der Waals surface area contributed by atoms with Crippen LogP contribution in [0.3, 0.4) is 0 Å². The van der Waals surface area contributed by atoms with Gasteiger partial charge in [-0.3, -0.25) is 4.90 Å². The summed E-state index contributed by atoms with van der Waals surface area (Å²) in [4.78, 5) is 2.17. The Morgan fingerprint density at radius 2 is 1.85 bits per heavy atom. The highest BCUT2D eigenvalue weighted by Gasteiger charge is 2.34. The number of methoxy groups -OCH3 is 1. The molecule has 3 rings (SSSR count). The van der Waals surface area contributed by atoms with E-state index in [2.05, 4.69) is 10.2 Å². The van der Waals surface area contributed by atoms with E-state index in [1.807, 2.05) is 24.3 Å². The van der Waals surface area contributed by atoms with Gasteiger partial charge in [0.05, 0.1) is 18.7 Å². The third kappa shape index (κ3) is 4.57. The van der Waals surface area contributed by atoms with E-state index in [1.54, 1.807) is 7.11 Å². The first-order chi connectivity index (χ1) is 12.9. The maximum atomic E-state index is 13.3. The lowest BCUT2D eigenvalue weighted by Gasteiger charge is -2.33. The standard InChI is InChI=1S/C20H22ClF3N2O/c1-27-18-6-3-2-5-15(18)19(26-11-4-9-25-10-12-26)16-13-14(20(22,23)24)7-8-17(16)21/h2-3,5-8,13,19,25H,4,9-12H2,1H3. The molecule has 1 aliphatic rings. The molecule has 0 amide bonds. The van der Waals surface area contributed by atoms with E-state index in [9.17, 15) is 13.2 Å². The van der Waals surface area contributed by atoms with Gasteiger partial charge >= 0.3 is 6.18 Å². The summed E-state index contributed by atoms with van der Waals surface area (Å²) in [6.07, 6.45) is -3.52. The maximum absolute atomic E-state index is 13.3. The van der Waals surface area contributed by atoms with Gasteiger partial charge in [-0.25, -0.2) is 0 Å². The van der Waals surface area contributed by atoms with Gasteiger partial charge in [0.1, 0.15) is 5.75 Å². The Bertz CT molecular complexity index is 774.